The number of hydrogen-bond donors (Lipinski definition) is 1. The first-order chi connectivity index (χ1) is 11.4. The van der Waals surface area contributed by atoms with Gasteiger partial charge in [0, 0.05) is 18.7 Å². The number of rotatable bonds is 7. The summed E-state index contributed by atoms with van der Waals surface area (Å²) in [5.74, 6) is 0.978. The first kappa shape index (κ1) is 18.2. The average Bonchev–Trinajstić information content (AvgIpc) is 2.60. The summed E-state index contributed by atoms with van der Waals surface area (Å²) >= 11 is 0. The van der Waals surface area contributed by atoms with Crippen LogP contribution in [0.4, 0.5) is 5.69 Å². The molecule has 0 bridgehead atoms. The molecule has 1 heterocycles. The van der Waals surface area contributed by atoms with Crippen molar-refractivity contribution in [1.29, 1.82) is 0 Å². The van der Waals surface area contributed by atoms with Crippen LogP contribution in [0, 0.1) is 5.92 Å². The highest BCUT2D eigenvalue weighted by Crippen LogP contribution is 2.31. The maximum atomic E-state index is 12.6. The standard InChI is InChI=1S/C19H26N2O3/c1-6-19(4,23-5)18(22)21-15-9-10-16(24-12-13(2)3)17-14(15)8-7-11-20-17/h7-11,13H,6,12H2,1-5H3,(H,21,22)/t19-/m1/s1. The Morgan fingerprint density at radius 2 is 2.08 bits per heavy atom. The molecule has 24 heavy (non-hydrogen) atoms. The summed E-state index contributed by atoms with van der Waals surface area (Å²) in [6.07, 6.45) is 2.31. The van der Waals surface area contributed by atoms with Gasteiger partial charge in [0.2, 0.25) is 0 Å². The molecule has 1 aromatic heterocycles. The molecule has 0 aliphatic carbocycles. The number of fused-ring (bicyclic) bond motifs is 1. The zero-order valence-corrected chi connectivity index (χ0v) is 15.1. The molecule has 2 rings (SSSR count). The second kappa shape index (κ2) is 7.62. The molecule has 1 aromatic carbocycles. The Morgan fingerprint density at radius 3 is 2.71 bits per heavy atom. The van der Waals surface area contributed by atoms with Crippen LogP contribution < -0.4 is 10.1 Å². The van der Waals surface area contributed by atoms with Crippen molar-refractivity contribution in [2.45, 2.75) is 39.7 Å². The van der Waals surface area contributed by atoms with Crippen molar-refractivity contribution in [1.82, 2.24) is 4.98 Å². The lowest BCUT2D eigenvalue weighted by molar-refractivity contribution is -0.136. The summed E-state index contributed by atoms with van der Waals surface area (Å²) in [7, 11) is 1.55. The molecule has 0 aliphatic rings. The van der Waals surface area contributed by atoms with Gasteiger partial charge in [0.1, 0.15) is 16.9 Å². The maximum Gasteiger partial charge on any atom is 0.256 e. The number of nitrogens with one attached hydrogen (secondary N) is 1. The van der Waals surface area contributed by atoms with Crippen molar-refractivity contribution in [3.63, 3.8) is 0 Å². The molecule has 130 valence electrons. The minimum Gasteiger partial charge on any atom is -0.491 e. The van der Waals surface area contributed by atoms with Crippen LogP contribution in [0.5, 0.6) is 5.75 Å². The Hall–Kier alpha value is -2.14. The van der Waals surface area contributed by atoms with Gasteiger partial charge in [-0.15, -0.1) is 0 Å². The van der Waals surface area contributed by atoms with E-state index in [4.69, 9.17) is 9.47 Å². The van der Waals surface area contributed by atoms with Gasteiger partial charge in [-0.05, 0) is 43.5 Å². The summed E-state index contributed by atoms with van der Waals surface area (Å²) < 4.78 is 11.2. The third-order valence-corrected chi connectivity index (χ3v) is 4.16. The van der Waals surface area contributed by atoms with Crippen LogP contribution in [0.2, 0.25) is 0 Å². The number of pyridine rings is 1. The van der Waals surface area contributed by atoms with E-state index in [9.17, 15) is 4.79 Å². The molecule has 1 atom stereocenters. The first-order valence-corrected chi connectivity index (χ1v) is 8.28. The largest absolute Gasteiger partial charge is 0.491 e. The predicted octanol–water partition coefficient (Wildman–Crippen LogP) is 4.02. The van der Waals surface area contributed by atoms with E-state index in [0.29, 0.717) is 24.6 Å². The number of methoxy groups -OCH3 is 1. The van der Waals surface area contributed by atoms with E-state index >= 15 is 0 Å². The number of benzene rings is 1. The molecular formula is C19H26N2O3. The van der Waals surface area contributed by atoms with Crippen LogP contribution >= 0.6 is 0 Å². The molecule has 0 unspecified atom stereocenters. The first-order valence-electron chi connectivity index (χ1n) is 8.28. The maximum absolute atomic E-state index is 12.6. The van der Waals surface area contributed by atoms with Crippen molar-refractivity contribution in [2.24, 2.45) is 5.92 Å². The highest BCUT2D eigenvalue weighted by Gasteiger charge is 2.31. The van der Waals surface area contributed by atoms with Gasteiger partial charge in [0.25, 0.3) is 5.91 Å². The van der Waals surface area contributed by atoms with Gasteiger partial charge in [0.15, 0.2) is 0 Å². The normalized spacial score (nSPS) is 13.8. The summed E-state index contributed by atoms with van der Waals surface area (Å²) in [5, 5.41) is 3.81. The van der Waals surface area contributed by atoms with Crippen LogP contribution in [0.1, 0.15) is 34.1 Å². The third-order valence-electron chi connectivity index (χ3n) is 4.16. The molecule has 5 nitrogen and oxygen atoms in total. The molecule has 0 spiro atoms. The number of hydrogen-bond acceptors (Lipinski definition) is 4. The number of carbonyl (C=O) groups is 1. The van der Waals surface area contributed by atoms with Crippen molar-refractivity contribution >= 4 is 22.5 Å². The summed E-state index contributed by atoms with van der Waals surface area (Å²) in [4.78, 5) is 17.0. The Bertz CT molecular complexity index is 709. The van der Waals surface area contributed by atoms with Crippen LogP contribution in [0.3, 0.4) is 0 Å². The molecule has 0 aliphatic heterocycles. The molecule has 0 fully saturated rings. The number of amides is 1. The molecule has 5 heteroatoms. The van der Waals surface area contributed by atoms with Crippen molar-refractivity contribution in [3.05, 3.63) is 30.5 Å². The lowest BCUT2D eigenvalue weighted by Gasteiger charge is -2.25. The second-order valence-electron chi connectivity index (χ2n) is 6.46. The van der Waals surface area contributed by atoms with E-state index in [1.807, 2.05) is 31.2 Å². The number of ether oxygens (including phenoxy) is 2. The molecule has 1 amide bonds. The van der Waals surface area contributed by atoms with E-state index in [2.05, 4.69) is 24.1 Å². The van der Waals surface area contributed by atoms with E-state index in [0.717, 1.165) is 16.7 Å². The molecule has 2 aromatic rings. The zero-order valence-electron chi connectivity index (χ0n) is 15.1. The fraction of sp³-hybridized carbons (Fsp3) is 0.474. The number of nitrogens with zero attached hydrogens (tertiary/aromatic N) is 1. The molecule has 0 saturated carbocycles. The molecule has 1 N–H and O–H groups in total. The highest BCUT2D eigenvalue weighted by atomic mass is 16.5. The van der Waals surface area contributed by atoms with Gasteiger partial charge >= 0.3 is 0 Å². The van der Waals surface area contributed by atoms with Crippen molar-refractivity contribution in [3.8, 4) is 5.75 Å². The van der Waals surface area contributed by atoms with Crippen molar-refractivity contribution in [2.75, 3.05) is 19.0 Å². The number of carbonyl (C=O) groups excluding carboxylic acids is 1. The number of aromatic nitrogens is 1. The van der Waals surface area contributed by atoms with Gasteiger partial charge in [-0.2, -0.15) is 0 Å². The summed E-state index contributed by atoms with van der Waals surface area (Å²) in [5.41, 5.74) is 0.588. The van der Waals surface area contributed by atoms with E-state index < -0.39 is 5.60 Å². The Balaban J connectivity index is 2.36. The molecule has 0 saturated heterocycles. The fourth-order valence-corrected chi connectivity index (χ4v) is 2.28. The smallest absolute Gasteiger partial charge is 0.256 e. The van der Waals surface area contributed by atoms with Gasteiger partial charge in [-0.25, -0.2) is 0 Å². The number of anilines is 1. The van der Waals surface area contributed by atoms with Gasteiger partial charge in [-0.3, -0.25) is 9.78 Å². The topological polar surface area (TPSA) is 60.5 Å². The molecular weight excluding hydrogens is 304 g/mol. The molecule has 0 radical (unpaired) electrons. The van der Waals surface area contributed by atoms with Crippen molar-refractivity contribution < 1.29 is 14.3 Å². The van der Waals surface area contributed by atoms with Crippen LogP contribution in [0.25, 0.3) is 10.9 Å². The fourth-order valence-electron chi connectivity index (χ4n) is 2.28. The predicted molar refractivity (Wildman–Crippen MR) is 96.4 cm³/mol. The van der Waals surface area contributed by atoms with Crippen LogP contribution in [0.15, 0.2) is 30.5 Å². The zero-order chi connectivity index (χ0) is 17.7. The van der Waals surface area contributed by atoms with Gasteiger partial charge in [0.05, 0.1) is 12.3 Å². The van der Waals surface area contributed by atoms with E-state index in [1.54, 1.807) is 20.2 Å². The monoisotopic (exact) mass is 330 g/mol. The second-order valence-corrected chi connectivity index (χ2v) is 6.46. The Kier molecular flexibility index (Phi) is 5.78. The van der Waals surface area contributed by atoms with Gasteiger partial charge < -0.3 is 14.8 Å². The Labute approximate surface area is 143 Å². The van der Waals surface area contributed by atoms with E-state index in [1.165, 1.54) is 0 Å². The minimum atomic E-state index is -0.860. The minimum absolute atomic E-state index is 0.173. The lowest BCUT2D eigenvalue weighted by Crippen LogP contribution is -2.41. The summed E-state index contributed by atoms with van der Waals surface area (Å²) in [6, 6.07) is 7.47. The average molecular weight is 330 g/mol. The van der Waals surface area contributed by atoms with Gasteiger partial charge in [-0.1, -0.05) is 20.8 Å². The SMILES string of the molecule is CC[C@@](C)(OC)C(=O)Nc1ccc(OCC(C)C)c2ncccc12. The lowest BCUT2D eigenvalue weighted by atomic mass is 10.0. The summed E-state index contributed by atoms with van der Waals surface area (Å²) in [6.45, 7) is 8.52. The van der Waals surface area contributed by atoms with Crippen LogP contribution in [-0.2, 0) is 9.53 Å². The highest BCUT2D eigenvalue weighted by molar-refractivity contribution is 6.05. The van der Waals surface area contributed by atoms with Crippen LogP contribution in [-0.4, -0.2) is 30.2 Å². The third kappa shape index (κ3) is 3.85. The van der Waals surface area contributed by atoms with E-state index in [-0.39, 0.29) is 5.91 Å². The quantitative estimate of drug-likeness (QED) is 0.833. The Morgan fingerprint density at radius 1 is 1.33 bits per heavy atom.